The number of rotatable bonds is 3. The fourth-order valence-electron chi connectivity index (χ4n) is 3.15. The van der Waals surface area contributed by atoms with E-state index in [2.05, 4.69) is 40.2 Å². The Labute approximate surface area is 156 Å². The van der Waals surface area contributed by atoms with Crippen LogP contribution in [0.1, 0.15) is 16.2 Å². The van der Waals surface area contributed by atoms with E-state index in [9.17, 15) is 9.18 Å². The highest BCUT2D eigenvalue weighted by molar-refractivity contribution is 5.90. The van der Waals surface area contributed by atoms with Crippen LogP contribution in [0, 0.1) is 12.7 Å². The molecule has 138 valence electrons. The first-order valence-corrected chi connectivity index (χ1v) is 8.80. The Morgan fingerprint density at radius 3 is 2.48 bits per heavy atom. The van der Waals surface area contributed by atoms with E-state index in [1.165, 1.54) is 35.5 Å². The molecule has 2 aromatic carbocycles. The summed E-state index contributed by atoms with van der Waals surface area (Å²) in [5, 5.41) is 7.77. The van der Waals surface area contributed by atoms with Crippen molar-refractivity contribution >= 4 is 11.6 Å². The molecule has 7 heteroatoms. The predicted molar refractivity (Wildman–Crippen MR) is 99.0 cm³/mol. The van der Waals surface area contributed by atoms with Crippen molar-refractivity contribution in [3.05, 3.63) is 65.8 Å². The normalized spacial score (nSPS) is 14.4. The van der Waals surface area contributed by atoms with Gasteiger partial charge in [0.2, 0.25) is 5.89 Å². The average molecular weight is 366 g/mol. The Morgan fingerprint density at radius 2 is 1.78 bits per heavy atom. The van der Waals surface area contributed by atoms with Crippen molar-refractivity contribution in [2.24, 2.45) is 0 Å². The molecule has 1 aromatic heterocycles. The Bertz CT molecular complexity index is 947. The quantitative estimate of drug-likeness (QED) is 0.713. The van der Waals surface area contributed by atoms with Gasteiger partial charge in [0, 0.05) is 37.4 Å². The summed E-state index contributed by atoms with van der Waals surface area (Å²) in [6.45, 7) is 4.72. The number of aromatic nitrogens is 2. The molecule has 1 saturated heterocycles. The van der Waals surface area contributed by atoms with Crippen LogP contribution >= 0.6 is 0 Å². The van der Waals surface area contributed by atoms with Crippen molar-refractivity contribution in [2.75, 3.05) is 31.1 Å². The van der Waals surface area contributed by atoms with Crippen LogP contribution in [0.4, 0.5) is 10.1 Å². The molecule has 27 heavy (non-hydrogen) atoms. The van der Waals surface area contributed by atoms with Crippen LogP contribution in [0.25, 0.3) is 11.5 Å². The van der Waals surface area contributed by atoms with Gasteiger partial charge in [0.15, 0.2) is 0 Å². The van der Waals surface area contributed by atoms with Crippen LogP contribution < -0.4 is 4.90 Å². The predicted octanol–water partition coefficient (Wildman–Crippen LogP) is 3.15. The lowest BCUT2D eigenvalue weighted by molar-refractivity contribution is 0.0707. The first kappa shape index (κ1) is 17.2. The van der Waals surface area contributed by atoms with Gasteiger partial charge in [-0.05, 0) is 48.9 Å². The molecule has 0 unspecified atom stereocenters. The van der Waals surface area contributed by atoms with Gasteiger partial charge in [0.1, 0.15) is 5.82 Å². The third-order valence-electron chi connectivity index (χ3n) is 4.63. The summed E-state index contributed by atoms with van der Waals surface area (Å²) in [5.74, 6) is -0.462. The maximum atomic E-state index is 13.0. The largest absolute Gasteiger partial charge is 0.412 e. The monoisotopic (exact) mass is 366 g/mol. The topological polar surface area (TPSA) is 62.5 Å². The van der Waals surface area contributed by atoms with E-state index in [-0.39, 0.29) is 23.5 Å². The lowest BCUT2D eigenvalue weighted by Gasteiger charge is -2.35. The smallest absolute Gasteiger partial charge is 0.311 e. The summed E-state index contributed by atoms with van der Waals surface area (Å²) in [6, 6.07) is 14.0. The number of halogens is 1. The minimum atomic E-state index is -0.346. The fourth-order valence-corrected chi connectivity index (χ4v) is 3.15. The van der Waals surface area contributed by atoms with Crippen molar-refractivity contribution in [3.63, 3.8) is 0 Å². The van der Waals surface area contributed by atoms with E-state index >= 15 is 0 Å². The molecule has 0 radical (unpaired) electrons. The van der Waals surface area contributed by atoms with E-state index in [0.29, 0.717) is 18.7 Å². The van der Waals surface area contributed by atoms with Gasteiger partial charge in [-0.3, -0.25) is 4.79 Å². The number of anilines is 1. The van der Waals surface area contributed by atoms with Gasteiger partial charge in [-0.2, -0.15) is 0 Å². The van der Waals surface area contributed by atoms with Crippen LogP contribution in [0.5, 0.6) is 0 Å². The van der Waals surface area contributed by atoms with E-state index in [0.717, 1.165) is 13.1 Å². The minimum Gasteiger partial charge on any atom is -0.412 e. The molecule has 0 N–H and O–H groups in total. The van der Waals surface area contributed by atoms with Crippen LogP contribution in [0.3, 0.4) is 0 Å². The number of amides is 1. The minimum absolute atomic E-state index is 0.0432. The molecule has 2 heterocycles. The van der Waals surface area contributed by atoms with Crippen LogP contribution in [0.15, 0.2) is 52.9 Å². The number of piperazine rings is 1. The van der Waals surface area contributed by atoms with Crippen molar-refractivity contribution < 1.29 is 13.6 Å². The lowest BCUT2D eigenvalue weighted by Crippen LogP contribution is -2.48. The average Bonchev–Trinajstić information content (AvgIpc) is 3.18. The first-order valence-electron chi connectivity index (χ1n) is 8.80. The van der Waals surface area contributed by atoms with Gasteiger partial charge in [-0.1, -0.05) is 12.1 Å². The van der Waals surface area contributed by atoms with Crippen molar-refractivity contribution in [1.29, 1.82) is 0 Å². The molecule has 3 aromatic rings. The Balaban J connectivity index is 1.42. The number of aryl methyl sites for hydroxylation is 1. The van der Waals surface area contributed by atoms with Crippen molar-refractivity contribution in [3.8, 4) is 11.5 Å². The zero-order valence-corrected chi connectivity index (χ0v) is 14.9. The van der Waals surface area contributed by atoms with Crippen molar-refractivity contribution in [1.82, 2.24) is 15.1 Å². The van der Waals surface area contributed by atoms with E-state index in [1.807, 2.05) is 6.07 Å². The second-order valence-corrected chi connectivity index (χ2v) is 6.54. The first-order chi connectivity index (χ1) is 13.1. The van der Waals surface area contributed by atoms with Gasteiger partial charge >= 0.3 is 11.8 Å². The Hall–Kier alpha value is -3.22. The Kier molecular flexibility index (Phi) is 4.58. The molecular weight excluding hydrogens is 347 g/mol. The Morgan fingerprint density at radius 1 is 1.04 bits per heavy atom. The second-order valence-electron chi connectivity index (χ2n) is 6.54. The third-order valence-corrected chi connectivity index (χ3v) is 4.63. The van der Waals surface area contributed by atoms with Gasteiger partial charge in [-0.25, -0.2) is 4.39 Å². The number of nitrogens with zero attached hydrogens (tertiary/aromatic N) is 4. The molecule has 0 aliphatic carbocycles. The standard InChI is InChI=1S/C20H19FN4O2/c1-14-3-2-4-17(13-14)24-9-11-25(12-10-24)20(26)19-23-22-18(27-19)15-5-7-16(21)8-6-15/h2-8,13H,9-12H2,1H3. The zero-order chi connectivity index (χ0) is 18.8. The van der Waals surface area contributed by atoms with Crippen LogP contribution in [0.2, 0.25) is 0 Å². The van der Waals surface area contributed by atoms with E-state index in [4.69, 9.17) is 4.42 Å². The highest BCUT2D eigenvalue weighted by atomic mass is 19.1. The molecule has 0 saturated carbocycles. The number of hydrogen-bond donors (Lipinski definition) is 0. The summed E-state index contributed by atoms with van der Waals surface area (Å²) in [6.07, 6.45) is 0. The molecule has 1 amide bonds. The second kappa shape index (κ2) is 7.19. The van der Waals surface area contributed by atoms with Crippen LogP contribution in [-0.4, -0.2) is 47.2 Å². The van der Waals surface area contributed by atoms with Gasteiger partial charge in [-0.15, -0.1) is 10.2 Å². The molecule has 0 spiro atoms. The summed E-state index contributed by atoms with van der Waals surface area (Å²) in [4.78, 5) is 16.6. The lowest BCUT2D eigenvalue weighted by atomic mass is 10.2. The number of hydrogen-bond acceptors (Lipinski definition) is 5. The number of benzene rings is 2. The summed E-state index contributed by atoms with van der Waals surface area (Å²) < 4.78 is 18.5. The number of carbonyl (C=O) groups is 1. The molecule has 0 atom stereocenters. The SMILES string of the molecule is Cc1cccc(N2CCN(C(=O)c3nnc(-c4ccc(F)cc4)o3)CC2)c1. The van der Waals surface area contributed by atoms with Crippen LogP contribution in [-0.2, 0) is 0 Å². The molecular formula is C20H19FN4O2. The van der Waals surface area contributed by atoms with Gasteiger partial charge < -0.3 is 14.2 Å². The maximum Gasteiger partial charge on any atom is 0.311 e. The molecule has 1 fully saturated rings. The van der Waals surface area contributed by atoms with Gasteiger partial charge in [0.25, 0.3) is 0 Å². The maximum absolute atomic E-state index is 13.0. The molecule has 1 aliphatic heterocycles. The molecule has 4 rings (SSSR count). The summed E-state index contributed by atoms with van der Waals surface area (Å²) >= 11 is 0. The molecule has 0 bridgehead atoms. The number of carbonyl (C=O) groups excluding carboxylic acids is 1. The fraction of sp³-hybridized carbons (Fsp3) is 0.250. The highest BCUT2D eigenvalue weighted by Gasteiger charge is 2.26. The van der Waals surface area contributed by atoms with Gasteiger partial charge in [0.05, 0.1) is 0 Å². The highest BCUT2D eigenvalue weighted by Crippen LogP contribution is 2.21. The molecule has 6 nitrogen and oxygen atoms in total. The van der Waals surface area contributed by atoms with Crippen molar-refractivity contribution in [2.45, 2.75) is 6.92 Å². The molecule has 1 aliphatic rings. The van der Waals surface area contributed by atoms with E-state index in [1.54, 1.807) is 4.90 Å². The van der Waals surface area contributed by atoms with E-state index < -0.39 is 0 Å². The summed E-state index contributed by atoms with van der Waals surface area (Å²) in [5.41, 5.74) is 2.95. The summed E-state index contributed by atoms with van der Waals surface area (Å²) in [7, 11) is 0. The third kappa shape index (κ3) is 3.67. The zero-order valence-electron chi connectivity index (χ0n) is 14.9.